The molecule has 0 saturated carbocycles. The van der Waals surface area contributed by atoms with Crippen LogP contribution in [0.3, 0.4) is 0 Å². The molecule has 0 radical (unpaired) electrons. The van der Waals surface area contributed by atoms with Crippen LogP contribution < -0.4 is 15.4 Å². The summed E-state index contributed by atoms with van der Waals surface area (Å²) in [6.07, 6.45) is 0. The fraction of sp³-hybridized carbons (Fsp3) is 0.150. The summed E-state index contributed by atoms with van der Waals surface area (Å²) in [4.78, 5) is 11.8. The third-order valence-electron chi connectivity index (χ3n) is 3.69. The maximum atomic E-state index is 12.9. The first-order valence-corrected chi connectivity index (χ1v) is 8.44. The van der Waals surface area contributed by atoms with E-state index < -0.39 is 0 Å². The molecule has 0 atom stereocenters. The number of amides is 2. The van der Waals surface area contributed by atoms with E-state index in [-0.39, 0.29) is 18.5 Å². The third kappa shape index (κ3) is 5.50. The molecule has 2 N–H and O–H groups in total. The fourth-order valence-electron chi connectivity index (χ4n) is 2.39. The van der Waals surface area contributed by atoms with Gasteiger partial charge in [-0.05, 0) is 55.0 Å². The minimum Gasteiger partial charge on any atom is -0.475 e. The Balaban J connectivity index is 1.42. The SMILES string of the molecule is Cc1cccc(NC(=O)NCCOc2ccc(-c3ccc(F)cc3)nn2)c1. The molecule has 3 aromatic rings. The van der Waals surface area contributed by atoms with Gasteiger partial charge >= 0.3 is 6.03 Å². The fourth-order valence-corrected chi connectivity index (χ4v) is 2.39. The molecule has 0 bridgehead atoms. The Bertz CT molecular complexity index is 899. The van der Waals surface area contributed by atoms with Crippen LogP contribution in [0.4, 0.5) is 14.9 Å². The molecular weight excluding hydrogens is 347 g/mol. The maximum absolute atomic E-state index is 12.9. The van der Waals surface area contributed by atoms with E-state index in [4.69, 9.17) is 4.74 Å². The predicted octanol–water partition coefficient (Wildman–Crippen LogP) is 3.79. The van der Waals surface area contributed by atoms with Gasteiger partial charge in [0.25, 0.3) is 0 Å². The van der Waals surface area contributed by atoms with Crippen molar-refractivity contribution >= 4 is 11.7 Å². The number of nitrogens with zero attached hydrogens (tertiary/aromatic N) is 2. The van der Waals surface area contributed by atoms with E-state index in [0.29, 0.717) is 18.1 Å². The van der Waals surface area contributed by atoms with Gasteiger partial charge in [0.2, 0.25) is 5.88 Å². The summed E-state index contributed by atoms with van der Waals surface area (Å²) in [6, 6.07) is 16.7. The number of hydrogen-bond acceptors (Lipinski definition) is 4. The lowest BCUT2D eigenvalue weighted by Crippen LogP contribution is -2.32. The Morgan fingerprint density at radius 2 is 1.89 bits per heavy atom. The van der Waals surface area contributed by atoms with Gasteiger partial charge in [-0.3, -0.25) is 0 Å². The largest absolute Gasteiger partial charge is 0.475 e. The van der Waals surface area contributed by atoms with Crippen LogP contribution in [-0.4, -0.2) is 29.4 Å². The maximum Gasteiger partial charge on any atom is 0.319 e. The highest BCUT2D eigenvalue weighted by molar-refractivity contribution is 5.89. The topological polar surface area (TPSA) is 76.1 Å². The molecule has 0 fully saturated rings. The Morgan fingerprint density at radius 1 is 1.07 bits per heavy atom. The molecule has 27 heavy (non-hydrogen) atoms. The van der Waals surface area contributed by atoms with Crippen molar-refractivity contribution in [2.45, 2.75) is 6.92 Å². The Morgan fingerprint density at radius 3 is 2.59 bits per heavy atom. The summed E-state index contributed by atoms with van der Waals surface area (Å²) < 4.78 is 18.4. The van der Waals surface area contributed by atoms with Crippen molar-refractivity contribution in [2.24, 2.45) is 0 Å². The Kier molecular flexibility index (Phi) is 5.94. The second-order valence-electron chi connectivity index (χ2n) is 5.86. The van der Waals surface area contributed by atoms with Crippen molar-refractivity contribution in [3.05, 3.63) is 72.0 Å². The molecule has 0 unspecified atom stereocenters. The number of anilines is 1. The molecular formula is C20H19FN4O2. The van der Waals surface area contributed by atoms with E-state index in [0.717, 1.165) is 16.8 Å². The second kappa shape index (κ2) is 8.75. The Labute approximate surface area is 156 Å². The summed E-state index contributed by atoms with van der Waals surface area (Å²) >= 11 is 0. The van der Waals surface area contributed by atoms with Crippen LogP contribution in [0.1, 0.15) is 5.56 Å². The number of aryl methyl sites for hydroxylation is 1. The first kappa shape index (κ1) is 18.3. The van der Waals surface area contributed by atoms with Gasteiger partial charge in [-0.25, -0.2) is 9.18 Å². The van der Waals surface area contributed by atoms with Gasteiger partial charge < -0.3 is 15.4 Å². The normalized spacial score (nSPS) is 10.3. The predicted molar refractivity (Wildman–Crippen MR) is 101 cm³/mol. The quantitative estimate of drug-likeness (QED) is 0.651. The number of urea groups is 1. The molecule has 0 aliphatic rings. The third-order valence-corrected chi connectivity index (χ3v) is 3.69. The molecule has 2 amide bonds. The van der Waals surface area contributed by atoms with Gasteiger partial charge in [0, 0.05) is 17.3 Å². The van der Waals surface area contributed by atoms with Gasteiger partial charge in [-0.1, -0.05) is 12.1 Å². The van der Waals surface area contributed by atoms with E-state index in [1.165, 1.54) is 12.1 Å². The van der Waals surface area contributed by atoms with Crippen LogP contribution in [0.25, 0.3) is 11.3 Å². The molecule has 2 aromatic carbocycles. The first-order valence-electron chi connectivity index (χ1n) is 8.44. The average Bonchev–Trinajstić information content (AvgIpc) is 2.66. The number of rotatable bonds is 6. The molecule has 0 spiro atoms. The van der Waals surface area contributed by atoms with Crippen LogP contribution in [0.2, 0.25) is 0 Å². The summed E-state index contributed by atoms with van der Waals surface area (Å²) in [5, 5.41) is 13.5. The van der Waals surface area contributed by atoms with Crippen molar-refractivity contribution in [3.63, 3.8) is 0 Å². The number of hydrogen-bond donors (Lipinski definition) is 2. The zero-order valence-electron chi connectivity index (χ0n) is 14.8. The van der Waals surface area contributed by atoms with Crippen LogP contribution in [-0.2, 0) is 0 Å². The number of aromatic nitrogens is 2. The van der Waals surface area contributed by atoms with Crippen molar-refractivity contribution < 1.29 is 13.9 Å². The molecule has 3 rings (SSSR count). The lowest BCUT2D eigenvalue weighted by Gasteiger charge is -2.09. The number of carbonyl (C=O) groups is 1. The van der Waals surface area contributed by atoms with E-state index >= 15 is 0 Å². The van der Waals surface area contributed by atoms with Crippen molar-refractivity contribution in [2.75, 3.05) is 18.5 Å². The number of benzene rings is 2. The lowest BCUT2D eigenvalue weighted by atomic mass is 10.1. The van der Waals surface area contributed by atoms with Crippen LogP contribution >= 0.6 is 0 Å². The molecule has 1 heterocycles. The standard InChI is InChI=1S/C20H19FN4O2/c1-14-3-2-4-17(13-14)23-20(26)22-11-12-27-19-10-9-18(24-25-19)15-5-7-16(21)8-6-15/h2-10,13H,11-12H2,1H3,(H2,22,23,26). The highest BCUT2D eigenvalue weighted by Gasteiger charge is 2.04. The summed E-state index contributed by atoms with van der Waals surface area (Å²) in [7, 11) is 0. The zero-order chi connectivity index (χ0) is 19.1. The Hall–Kier alpha value is -3.48. The monoisotopic (exact) mass is 366 g/mol. The summed E-state index contributed by atoms with van der Waals surface area (Å²) in [6.45, 7) is 2.53. The number of ether oxygens (including phenoxy) is 1. The highest BCUT2D eigenvalue weighted by atomic mass is 19.1. The van der Waals surface area contributed by atoms with Crippen molar-refractivity contribution in [3.8, 4) is 17.1 Å². The molecule has 1 aromatic heterocycles. The minimum atomic E-state index is -0.304. The molecule has 138 valence electrons. The van der Waals surface area contributed by atoms with E-state index in [9.17, 15) is 9.18 Å². The van der Waals surface area contributed by atoms with Crippen molar-refractivity contribution in [1.29, 1.82) is 0 Å². The van der Waals surface area contributed by atoms with Crippen molar-refractivity contribution in [1.82, 2.24) is 15.5 Å². The van der Waals surface area contributed by atoms with E-state index in [1.807, 2.05) is 31.2 Å². The smallest absolute Gasteiger partial charge is 0.319 e. The van der Waals surface area contributed by atoms with Crippen LogP contribution in [0.5, 0.6) is 5.88 Å². The average molecular weight is 366 g/mol. The molecule has 0 saturated heterocycles. The summed E-state index contributed by atoms with van der Waals surface area (Å²) in [5.41, 5.74) is 3.19. The second-order valence-corrected chi connectivity index (χ2v) is 5.86. The van der Waals surface area contributed by atoms with Gasteiger partial charge in [0.15, 0.2) is 0 Å². The highest BCUT2D eigenvalue weighted by Crippen LogP contribution is 2.18. The number of nitrogens with one attached hydrogen (secondary N) is 2. The van der Waals surface area contributed by atoms with Gasteiger partial charge in [-0.2, -0.15) is 0 Å². The van der Waals surface area contributed by atoms with Gasteiger partial charge in [0.1, 0.15) is 12.4 Å². The van der Waals surface area contributed by atoms with Gasteiger partial charge in [0.05, 0.1) is 12.2 Å². The molecule has 0 aliphatic carbocycles. The molecule has 6 nitrogen and oxygen atoms in total. The van der Waals surface area contributed by atoms with Gasteiger partial charge in [-0.15, -0.1) is 10.2 Å². The zero-order valence-corrected chi connectivity index (χ0v) is 14.8. The lowest BCUT2D eigenvalue weighted by molar-refractivity contribution is 0.246. The van der Waals surface area contributed by atoms with E-state index in [1.54, 1.807) is 24.3 Å². The molecule has 7 heteroatoms. The number of carbonyl (C=O) groups excluding carboxylic acids is 1. The van der Waals surface area contributed by atoms with Crippen LogP contribution in [0, 0.1) is 12.7 Å². The number of halogens is 1. The minimum absolute atomic E-state index is 0.256. The first-order chi connectivity index (χ1) is 13.1. The molecule has 0 aliphatic heterocycles. The summed E-state index contributed by atoms with van der Waals surface area (Å²) in [5.74, 6) is 0.0485. The van der Waals surface area contributed by atoms with E-state index in [2.05, 4.69) is 20.8 Å². The van der Waals surface area contributed by atoms with Crippen LogP contribution in [0.15, 0.2) is 60.7 Å².